The molecule has 1 aliphatic rings. The molecule has 19 heavy (non-hydrogen) atoms. The monoisotopic (exact) mass is 321 g/mol. The number of nitrogens with one attached hydrogen (secondary N) is 1. The lowest BCUT2D eigenvalue weighted by molar-refractivity contribution is 0.575. The molecule has 0 unspecified atom stereocenters. The van der Waals surface area contributed by atoms with Crippen molar-refractivity contribution in [3.05, 3.63) is 28.1 Å². The second-order valence-corrected chi connectivity index (χ2v) is 5.55. The molecule has 100 valence electrons. The number of nitrogens with zero attached hydrogens (tertiary/aromatic N) is 2. The summed E-state index contributed by atoms with van der Waals surface area (Å²) in [5.74, 6) is 2.34. The second-order valence-electron chi connectivity index (χ2n) is 4.70. The van der Waals surface area contributed by atoms with E-state index in [9.17, 15) is 0 Å². The topological polar surface area (TPSA) is 51.0 Å². The van der Waals surface area contributed by atoms with Gasteiger partial charge in [-0.2, -0.15) is 0 Å². The van der Waals surface area contributed by atoms with Crippen LogP contribution in [0.2, 0.25) is 0 Å². The molecule has 4 nitrogen and oxygen atoms in total. The third kappa shape index (κ3) is 2.39. The number of anilines is 1. The van der Waals surface area contributed by atoms with Crippen molar-refractivity contribution < 1.29 is 4.42 Å². The predicted octanol–water partition coefficient (Wildman–Crippen LogP) is 3.81. The normalized spacial score (nSPS) is 13.6. The molecule has 0 saturated heterocycles. The van der Waals surface area contributed by atoms with Crippen LogP contribution in [0.25, 0.3) is 11.6 Å². The minimum Gasteiger partial charge on any atom is -0.460 e. The van der Waals surface area contributed by atoms with E-state index in [1.165, 1.54) is 5.56 Å². The van der Waals surface area contributed by atoms with Gasteiger partial charge >= 0.3 is 0 Å². The Kier molecular flexibility index (Phi) is 3.55. The highest BCUT2D eigenvalue weighted by atomic mass is 79.9. The Hall–Kier alpha value is -1.36. The third-order valence-corrected chi connectivity index (χ3v) is 3.92. The van der Waals surface area contributed by atoms with Crippen molar-refractivity contribution in [1.82, 2.24) is 9.97 Å². The summed E-state index contributed by atoms with van der Waals surface area (Å²) in [5, 5.41) is 3.41. The zero-order valence-electron chi connectivity index (χ0n) is 10.9. The van der Waals surface area contributed by atoms with Gasteiger partial charge in [-0.05, 0) is 47.7 Å². The van der Waals surface area contributed by atoms with E-state index in [0.29, 0.717) is 11.6 Å². The molecule has 0 amide bonds. The van der Waals surface area contributed by atoms with Crippen molar-refractivity contribution in [3.8, 4) is 11.6 Å². The van der Waals surface area contributed by atoms with Gasteiger partial charge in [-0.3, -0.25) is 0 Å². The summed E-state index contributed by atoms with van der Waals surface area (Å²) >= 11 is 3.47. The van der Waals surface area contributed by atoms with Crippen molar-refractivity contribution in [1.29, 1.82) is 0 Å². The molecule has 5 heteroatoms. The van der Waals surface area contributed by atoms with Gasteiger partial charge in [0.2, 0.25) is 0 Å². The van der Waals surface area contributed by atoms with Crippen LogP contribution in [-0.4, -0.2) is 16.5 Å². The highest BCUT2D eigenvalue weighted by Gasteiger charge is 2.21. The van der Waals surface area contributed by atoms with E-state index >= 15 is 0 Å². The van der Waals surface area contributed by atoms with E-state index in [1.807, 2.05) is 6.07 Å². The summed E-state index contributed by atoms with van der Waals surface area (Å²) in [4.78, 5) is 9.29. The van der Waals surface area contributed by atoms with Crippen LogP contribution in [0.5, 0.6) is 0 Å². The third-order valence-electron chi connectivity index (χ3n) is 3.30. The van der Waals surface area contributed by atoms with Gasteiger partial charge in [0, 0.05) is 17.8 Å². The first-order valence-electron chi connectivity index (χ1n) is 6.66. The summed E-state index contributed by atoms with van der Waals surface area (Å²) in [6.45, 7) is 3.08. The molecule has 2 aromatic heterocycles. The molecule has 2 aromatic rings. The van der Waals surface area contributed by atoms with Crippen molar-refractivity contribution in [2.75, 3.05) is 11.9 Å². The maximum Gasteiger partial charge on any atom is 0.199 e. The maximum atomic E-state index is 5.47. The molecule has 0 radical (unpaired) electrons. The number of hydrogen-bond donors (Lipinski definition) is 1. The van der Waals surface area contributed by atoms with Crippen molar-refractivity contribution in [2.24, 2.45) is 0 Å². The summed E-state index contributed by atoms with van der Waals surface area (Å²) in [7, 11) is 0. The van der Waals surface area contributed by atoms with Gasteiger partial charge in [-0.1, -0.05) is 6.92 Å². The Morgan fingerprint density at radius 3 is 3.00 bits per heavy atom. The van der Waals surface area contributed by atoms with Crippen molar-refractivity contribution in [3.63, 3.8) is 0 Å². The number of fused-ring (bicyclic) bond motifs is 1. The van der Waals surface area contributed by atoms with Gasteiger partial charge in [-0.15, -0.1) is 0 Å². The summed E-state index contributed by atoms with van der Waals surface area (Å²) in [6.07, 6.45) is 5.99. The molecule has 2 heterocycles. The lowest BCUT2D eigenvalue weighted by Gasteiger charge is -2.10. The van der Waals surface area contributed by atoms with E-state index in [1.54, 1.807) is 6.26 Å². The van der Waals surface area contributed by atoms with E-state index in [0.717, 1.165) is 48.2 Å². The number of aryl methyl sites for hydroxylation is 1. The molecule has 0 saturated carbocycles. The maximum absolute atomic E-state index is 5.47. The summed E-state index contributed by atoms with van der Waals surface area (Å²) < 4.78 is 6.37. The Labute approximate surface area is 120 Å². The van der Waals surface area contributed by atoms with Crippen LogP contribution in [-0.2, 0) is 12.8 Å². The van der Waals surface area contributed by atoms with Crippen molar-refractivity contribution in [2.45, 2.75) is 32.6 Å². The minimum absolute atomic E-state index is 0.663. The van der Waals surface area contributed by atoms with Crippen LogP contribution < -0.4 is 5.32 Å². The molecule has 0 aromatic carbocycles. The average Bonchev–Trinajstić information content (AvgIpc) is 3.03. The number of aromatic nitrogens is 2. The number of rotatable bonds is 4. The molecule has 3 rings (SSSR count). The van der Waals surface area contributed by atoms with E-state index in [4.69, 9.17) is 4.42 Å². The molecular weight excluding hydrogens is 306 g/mol. The van der Waals surface area contributed by atoms with Gasteiger partial charge in [0.25, 0.3) is 0 Å². The van der Waals surface area contributed by atoms with E-state index in [-0.39, 0.29) is 0 Å². The first-order chi connectivity index (χ1) is 9.29. The van der Waals surface area contributed by atoms with Gasteiger partial charge in [0.15, 0.2) is 11.6 Å². The number of hydrogen-bond acceptors (Lipinski definition) is 4. The average molecular weight is 322 g/mol. The highest BCUT2D eigenvalue weighted by Crippen LogP contribution is 2.32. The molecule has 0 aliphatic heterocycles. The lowest BCUT2D eigenvalue weighted by atomic mass is 10.2. The molecular formula is C14H16BrN3O. The first kappa shape index (κ1) is 12.7. The summed E-state index contributed by atoms with van der Waals surface area (Å²) in [5.41, 5.74) is 2.44. The van der Waals surface area contributed by atoms with E-state index in [2.05, 4.69) is 38.1 Å². The van der Waals surface area contributed by atoms with Crippen LogP contribution in [0, 0.1) is 0 Å². The molecule has 1 aliphatic carbocycles. The van der Waals surface area contributed by atoms with Gasteiger partial charge in [0.1, 0.15) is 5.82 Å². The molecule has 0 fully saturated rings. The zero-order valence-corrected chi connectivity index (χ0v) is 12.5. The zero-order chi connectivity index (χ0) is 13.2. The number of halogens is 1. The predicted molar refractivity (Wildman–Crippen MR) is 78.2 cm³/mol. The van der Waals surface area contributed by atoms with Crippen LogP contribution in [0.1, 0.15) is 31.0 Å². The van der Waals surface area contributed by atoms with Crippen molar-refractivity contribution >= 4 is 21.7 Å². The highest BCUT2D eigenvalue weighted by molar-refractivity contribution is 9.10. The quantitative estimate of drug-likeness (QED) is 0.930. The Morgan fingerprint density at radius 1 is 1.37 bits per heavy atom. The first-order valence-corrected chi connectivity index (χ1v) is 7.46. The van der Waals surface area contributed by atoms with Gasteiger partial charge in [-0.25, -0.2) is 9.97 Å². The Bertz CT molecular complexity index is 594. The standard InChI is InChI=1S/C14H16BrN3O/c1-2-7-16-13-9-4-3-5-11(9)17-14(18-13)12-10(15)6-8-19-12/h6,8H,2-5,7H2,1H3,(H,16,17,18). The molecule has 0 spiro atoms. The van der Waals surface area contributed by atoms with Crippen LogP contribution >= 0.6 is 15.9 Å². The minimum atomic E-state index is 0.663. The number of furan rings is 1. The van der Waals surface area contributed by atoms with Crippen LogP contribution in [0.4, 0.5) is 5.82 Å². The van der Waals surface area contributed by atoms with Crippen LogP contribution in [0.3, 0.4) is 0 Å². The summed E-state index contributed by atoms with van der Waals surface area (Å²) in [6, 6.07) is 1.87. The molecule has 1 N–H and O–H groups in total. The second kappa shape index (κ2) is 5.33. The smallest absolute Gasteiger partial charge is 0.199 e. The molecule has 0 bridgehead atoms. The van der Waals surface area contributed by atoms with Crippen LogP contribution in [0.15, 0.2) is 21.2 Å². The lowest BCUT2D eigenvalue weighted by Crippen LogP contribution is -2.08. The van der Waals surface area contributed by atoms with E-state index < -0.39 is 0 Å². The Morgan fingerprint density at radius 2 is 2.26 bits per heavy atom. The largest absolute Gasteiger partial charge is 0.460 e. The fourth-order valence-electron chi connectivity index (χ4n) is 2.38. The van der Waals surface area contributed by atoms with Gasteiger partial charge in [0.05, 0.1) is 10.7 Å². The fraction of sp³-hybridized carbons (Fsp3) is 0.429. The van der Waals surface area contributed by atoms with Gasteiger partial charge < -0.3 is 9.73 Å². The fourth-order valence-corrected chi connectivity index (χ4v) is 2.76. The Balaban J connectivity index is 2.05. The molecule has 0 atom stereocenters. The SMILES string of the molecule is CCCNc1nc(-c2occc2Br)nc2c1CCC2.